The van der Waals surface area contributed by atoms with Gasteiger partial charge < -0.3 is 5.32 Å². The molecule has 6 heteroatoms. The van der Waals surface area contributed by atoms with Crippen molar-refractivity contribution in [2.75, 3.05) is 5.32 Å². The van der Waals surface area contributed by atoms with Gasteiger partial charge >= 0.3 is 0 Å². The molecule has 0 radical (unpaired) electrons. The van der Waals surface area contributed by atoms with Gasteiger partial charge in [-0.15, -0.1) is 11.3 Å². The van der Waals surface area contributed by atoms with Crippen molar-refractivity contribution in [1.82, 2.24) is 5.32 Å². The van der Waals surface area contributed by atoms with E-state index in [4.69, 9.17) is 23.8 Å². The molecule has 3 aromatic rings. The first-order valence-electron chi connectivity index (χ1n) is 7.56. The fraction of sp³-hybridized carbons (Fsp3) is 0.0526. The van der Waals surface area contributed by atoms with E-state index in [1.54, 1.807) is 35.6 Å². The Morgan fingerprint density at radius 3 is 2.60 bits per heavy atom. The van der Waals surface area contributed by atoms with Crippen LogP contribution in [0.3, 0.4) is 0 Å². The van der Waals surface area contributed by atoms with E-state index >= 15 is 0 Å². The summed E-state index contributed by atoms with van der Waals surface area (Å²) >= 11 is 13.0. The lowest BCUT2D eigenvalue weighted by molar-refractivity contribution is 0.0978. The lowest BCUT2D eigenvalue weighted by Gasteiger charge is -2.12. The molecule has 0 fully saturated rings. The summed E-state index contributed by atoms with van der Waals surface area (Å²) in [7, 11) is 0. The molecule has 25 heavy (non-hydrogen) atoms. The minimum absolute atomic E-state index is 0.230. The summed E-state index contributed by atoms with van der Waals surface area (Å²) in [6, 6.07) is 17.0. The van der Waals surface area contributed by atoms with Gasteiger partial charge in [0.2, 0.25) is 0 Å². The van der Waals surface area contributed by atoms with Crippen LogP contribution in [0, 0.1) is 6.92 Å². The zero-order valence-electron chi connectivity index (χ0n) is 13.4. The van der Waals surface area contributed by atoms with Crippen molar-refractivity contribution in [3.05, 3.63) is 76.1 Å². The molecule has 0 spiro atoms. The maximum Gasteiger partial charge on any atom is 0.258 e. The Balaban J connectivity index is 1.68. The Hall–Kier alpha value is -2.21. The monoisotopic (exact) mass is 386 g/mol. The summed E-state index contributed by atoms with van der Waals surface area (Å²) in [4.78, 5) is 13.4. The highest BCUT2D eigenvalue weighted by Crippen LogP contribution is 2.29. The molecule has 1 aromatic heterocycles. The smallest absolute Gasteiger partial charge is 0.258 e. The van der Waals surface area contributed by atoms with Crippen LogP contribution < -0.4 is 10.6 Å². The first-order chi connectivity index (χ1) is 12.0. The molecule has 126 valence electrons. The van der Waals surface area contributed by atoms with Gasteiger partial charge in [0.25, 0.3) is 5.91 Å². The Morgan fingerprint density at radius 2 is 1.92 bits per heavy atom. The number of hydrogen-bond acceptors (Lipinski definition) is 3. The first kappa shape index (κ1) is 17.6. The van der Waals surface area contributed by atoms with E-state index in [0.29, 0.717) is 10.6 Å². The quantitative estimate of drug-likeness (QED) is 0.583. The van der Waals surface area contributed by atoms with E-state index in [1.807, 2.05) is 31.2 Å². The molecule has 0 aliphatic carbocycles. The van der Waals surface area contributed by atoms with Crippen LogP contribution >= 0.6 is 35.2 Å². The van der Waals surface area contributed by atoms with Crippen molar-refractivity contribution >= 4 is 51.9 Å². The molecular formula is C19H15ClN2OS2. The Kier molecular flexibility index (Phi) is 5.48. The molecule has 0 atom stereocenters. The van der Waals surface area contributed by atoms with Gasteiger partial charge in [0.05, 0.1) is 10.6 Å². The second-order valence-electron chi connectivity index (χ2n) is 5.40. The molecule has 0 aliphatic heterocycles. The predicted molar refractivity (Wildman–Crippen MR) is 110 cm³/mol. The van der Waals surface area contributed by atoms with Crippen LogP contribution in [0.1, 0.15) is 15.9 Å². The topological polar surface area (TPSA) is 41.1 Å². The summed E-state index contributed by atoms with van der Waals surface area (Å²) in [6.07, 6.45) is 0. The molecule has 3 rings (SSSR count). The minimum Gasteiger partial charge on any atom is -0.332 e. The number of benzene rings is 2. The third-order valence-corrected chi connectivity index (χ3v) is 5.05. The molecule has 0 unspecified atom stereocenters. The van der Waals surface area contributed by atoms with Crippen molar-refractivity contribution in [2.24, 2.45) is 0 Å². The Bertz CT molecular complexity index is 923. The van der Waals surface area contributed by atoms with Crippen LogP contribution in [0.5, 0.6) is 0 Å². The lowest BCUT2D eigenvalue weighted by Crippen LogP contribution is -2.34. The van der Waals surface area contributed by atoms with Crippen molar-refractivity contribution in [1.29, 1.82) is 0 Å². The zero-order valence-corrected chi connectivity index (χ0v) is 15.8. The van der Waals surface area contributed by atoms with Crippen LogP contribution in [-0.2, 0) is 0 Å². The van der Waals surface area contributed by atoms with E-state index in [2.05, 4.69) is 22.1 Å². The van der Waals surface area contributed by atoms with Crippen molar-refractivity contribution in [3.8, 4) is 10.4 Å². The highest BCUT2D eigenvalue weighted by molar-refractivity contribution is 7.80. The van der Waals surface area contributed by atoms with Gasteiger partial charge in [0.1, 0.15) is 0 Å². The van der Waals surface area contributed by atoms with Crippen LogP contribution in [0.15, 0.2) is 60.0 Å². The fourth-order valence-electron chi connectivity index (χ4n) is 2.43. The molecule has 0 bridgehead atoms. The summed E-state index contributed by atoms with van der Waals surface area (Å²) in [5.74, 6) is -0.338. The fourth-order valence-corrected chi connectivity index (χ4v) is 3.68. The molecule has 2 N–H and O–H groups in total. The number of rotatable bonds is 3. The molecule has 0 saturated carbocycles. The number of aryl methyl sites for hydroxylation is 1. The van der Waals surface area contributed by atoms with Gasteiger partial charge in [-0.25, -0.2) is 0 Å². The molecular weight excluding hydrogens is 372 g/mol. The number of thiocarbonyl (C=S) groups is 1. The van der Waals surface area contributed by atoms with Crippen LogP contribution in [0.2, 0.25) is 5.02 Å². The maximum atomic E-state index is 12.2. The van der Waals surface area contributed by atoms with E-state index in [1.165, 1.54) is 10.4 Å². The SMILES string of the molecule is Cc1cc(NC(=S)NC(=O)c2ccccc2Cl)ccc1-c1cccs1. The number of anilines is 1. The van der Waals surface area contributed by atoms with Crippen molar-refractivity contribution in [3.63, 3.8) is 0 Å². The maximum absolute atomic E-state index is 12.2. The number of nitrogens with one attached hydrogen (secondary N) is 2. The van der Waals surface area contributed by atoms with Gasteiger partial charge in [-0.3, -0.25) is 10.1 Å². The molecule has 1 heterocycles. The van der Waals surface area contributed by atoms with Crippen LogP contribution in [-0.4, -0.2) is 11.0 Å². The number of hydrogen-bond donors (Lipinski definition) is 2. The van der Waals surface area contributed by atoms with Crippen LogP contribution in [0.4, 0.5) is 5.69 Å². The minimum atomic E-state index is -0.338. The van der Waals surface area contributed by atoms with Gasteiger partial charge in [-0.05, 0) is 66.0 Å². The molecule has 1 amide bonds. The number of carbonyl (C=O) groups excluding carboxylic acids is 1. The number of halogens is 1. The average Bonchev–Trinajstić information content (AvgIpc) is 3.09. The third-order valence-electron chi connectivity index (χ3n) is 3.62. The van der Waals surface area contributed by atoms with Crippen molar-refractivity contribution in [2.45, 2.75) is 6.92 Å². The number of thiophene rings is 1. The summed E-state index contributed by atoms with van der Waals surface area (Å²) < 4.78 is 0. The van der Waals surface area contributed by atoms with Gasteiger partial charge in [-0.1, -0.05) is 35.9 Å². The van der Waals surface area contributed by atoms with Crippen molar-refractivity contribution < 1.29 is 4.79 Å². The Labute approximate surface area is 160 Å². The van der Waals surface area contributed by atoms with Gasteiger partial charge in [0.15, 0.2) is 5.11 Å². The molecule has 2 aromatic carbocycles. The summed E-state index contributed by atoms with van der Waals surface area (Å²) in [6.45, 7) is 2.05. The molecule has 0 saturated heterocycles. The van der Waals surface area contributed by atoms with E-state index in [-0.39, 0.29) is 11.0 Å². The lowest BCUT2D eigenvalue weighted by atomic mass is 10.1. The largest absolute Gasteiger partial charge is 0.332 e. The third kappa shape index (κ3) is 4.25. The number of carbonyl (C=O) groups is 1. The Morgan fingerprint density at radius 1 is 1.12 bits per heavy atom. The van der Waals surface area contributed by atoms with E-state index in [0.717, 1.165) is 11.3 Å². The normalized spacial score (nSPS) is 10.3. The highest BCUT2D eigenvalue weighted by Gasteiger charge is 2.11. The highest BCUT2D eigenvalue weighted by atomic mass is 35.5. The van der Waals surface area contributed by atoms with Crippen LogP contribution in [0.25, 0.3) is 10.4 Å². The second-order valence-corrected chi connectivity index (χ2v) is 7.16. The summed E-state index contributed by atoms with van der Waals surface area (Å²) in [5, 5.41) is 8.35. The molecule has 0 aliphatic rings. The van der Waals surface area contributed by atoms with E-state index in [9.17, 15) is 4.79 Å². The summed E-state index contributed by atoms with van der Waals surface area (Å²) in [5.41, 5.74) is 3.53. The van der Waals surface area contributed by atoms with Gasteiger partial charge in [0, 0.05) is 10.6 Å². The molecule has 3 nitrogen and oxygen atoms in total. The van der Waals surface area contributed by atoms with E-state index < -0.39 is 0 Å². The zero-order chi connectivity index (χ0) is 17.8. The standard InChI is InChI=1S/C19H15ClN2OS2/c1-12-11-13(8-9-14(12)17-7-4-10-25-17)21-19(24)22-18(23)15-5-2-3-6-16(15)20/h2-11H,1H3,(H2,21,22,23,24). The second kappa shape index (κ2) is 7.78. The van der Waals surface area contributed by atoms with Gasteiger partial charge in [-0.2, -0.15) is 0 Å². The number of amides is 1. The predicted octanol–water partition coefficient (Wildman–Crippen LogP) is 5.50. The average molecular weight is 387 g/mol. The first-order valence-corrected chi connectivity index (χ1v) is 9.22.